The third-order valence-corrected chi connectivity index (χ3v) is 6.24. The van der Waals surface area contributed by atoms with Crippen molar-refractivity contribution in [3.8, 4) is 0 Å². The number of hydrogen-bond acceptors (Lipinski definition) is 9. The SMILES string of the molecule is C[C@H]1O[C@H](C/C=C/c2ccc(/C=C/C[C@H]3O[C@H](CO)[C@@H](O)[C@H](O)[C@@H]3O)cc2)[C@@H](O)[C@@H](O)[C@@H]1O. The van der Waals surface area contributed by atoms with Gasteiger partial charge in [0.1, 0.15) is 42.7 Å². The second-order valence-electron chi connectivity index (χ2n) is 8.66. The topological polar surface area (TPSA) is 160 Å². The summed E-state index contributed by atoms with van der Waals surface area (Å²) in [6.45, 7) is 1.20. The number of benzene rings is 1. The lowest BCUT2D eigenvalue weighted by atomic mass is 9.93. The van der Waals surface area contributed by atoms with Gasteiger partial charge < -0.3 is 45.2 Å². The standard InChI is InChI=1S/C24H34O9/c1-13-19(26)23(30)20(27)16(32-13)6-2-4-14-8-10-15(11-9-14)5-3-7-17-21(28)24(31)22(29)18(12-25)33-17/h2-5,8-11,13,16-31H,6-7,12H2,1H3/b4-2+,5-3+/t13-,16-,17-,18-,19-,20-,21-,22-,23+,24-/m1/s1. The van der Waals surface area contributed by atoms with Gasteiger partial charge in [-0.1, -0.05) is 48.6 Å². The van der Waals surface area contributed by atoms with Gasteiger partial charge in [-0.25, -0.2) is 0 Å². The molecule has 0 aromatic heterocycles. The first kappa shape index (κ1) is 26.0. The largest absolute Gasteiger partial charge is 0.394 e. The van der Waals surface area contributed by atoms with Gasteiger partial charge in [-0.2, -0.15) is 0 Å². The van der Waals surface area contributed by atoms with Gasteiger partial charge in [0.25, 0.3) is 0 Å². The Morgan fingerprint density at radius 3 is 1.55 bits per heavy atom. The molecule has 3 rings (SSSR count). The highest BCUT2D eigenvalue weighted by atomic mass is 16.5. The highest BCUT2D eigenvalue weighted by Crippen LogP contribution is 2.25. The fraction of sp³-hybridized carbons (Fsp3) is 0.583. The van der Waals surface area contributed by atoms with Crippen molar-refractivity contribution in [3.05, 3.63) is 47.5 Å². The molecule has 0 radical (unpaired) electrons. The summed E-state index contributed by atoms with van der Waals surface area (Å²) in [6.07, 6.45) is -2.26. The van der Waals surface area contributed by atoms with Gasteiger partial charge in [-0.05, 0) is 30.9 Å². The number of aliphatic hydroxyl groups excluding tert-OH is 7. The van der Waals surface area contributed by atoms with Crippen molar-refractivity contribution in [2.75, 3.05) is 6.61 Å². The van der Waals surface area contributed by atoms with E-state index in [1.165, 1.54) is 0 Å². The molecule has 0 aliphatic carbocycles. The summed E-state index contributed by atoms with van der Waals surface area (Å²) in [6, 6.07) is 7.61. The minimum atomic E-state index is -1.38. The molecule has 33 heavy (non-hydrogen) atoms. The van der Waals surface area contributed by atoms with Crippen LogP contribution in [0.5, 0.6) is 0 Å². The molecular weight excluding hydrogens is 432 g/mol. The van der Waals surface area contributed by atoms with Crippen LogP contribution in [0.3, 0.4) is 0 Å². The fourth-order valence-corrected chi connectivity index (χ4v) is 4.10. The normalized spacial score (nSPS) is 40.0. The molecule has 0 amide bonds. The van der Waals surface area contributed by atoms with E-state index in [2.05, 4.69) is 0 Å². The van der Waals surface area contributed by atoms with Gasteiger partial charge in [0.2, 0.25) is 0 Å². The van der Waals surface area contributed by atoms with Crippen molar-refractivity contribution < 1.29 is 45.2 Å². The Morgan fingerprint density at radius 2 is 1.06 bits per heavy atom. The van der Waals surface area contributed by atoms with Crippen molar-refractivity contribution in [3.63, 3.8) is 0 Å². The Labute approximate surface area is 192 Å². The zero-order valence-corrected chi connectivity index (χ0v) is 18.5. The molecule has 0 spiro atoms. The molecule has 0 saturated carbocycles. The summed E-state index contributed by atoms with van der Waals surface area (Å²) < 4.78 is 11.1. The average molecular weight is 467 g/mol. The first-order valence-corrected chi connectivity index (χ1v) is 11.2. The monoisotopic (exact) mass is 466 g/mol. The van der Waals surface area contributed by atoms with Crippen LogP contribution < -0.4 is 0 Å². The molecule has 2 aliphatic rings. The molecule has 7 N–H and O–H groups in total. The van der Waals surface area contributed by atoms with E-state index in [1.54, 1.807) is 13.0 Å². The van der Waals surface area contributed by atoms with Gasteiger partial charge in [0.15, 0.2) is 0 Å². The molecule has 1 aromatic carbocycles. The van der Waals surface area contributed by atoms with Gasteiger partial charge >= 0.3 is 0 Å². The summed E-state index contributed by atoms with van der Waals surface area (Å²) in [7, 11) is 0. The van der Waals surface area contributed by atoms with Crippen molar-refractivity contribution in [2.24, 2.45) is 0 Å². The first-order chi connectivity index (χ1) is 15.7. The van der Waals surface area contributed by atoms with E-state index >= 15 is 0 Å². The Morgan fingerprint density at radius 1 is 0.636 bits per heavy atom. The zero-order valence-electron chi connectivity index (χ0n) is 18.5. The molecule has 0 bridgehead atoms. The summed E-state index contributed by atoms with van der Waals surface area (Å²) in [5.41, 5.74) is 1.84. The van der Waals surface area contributed by atoms with Crippen LogP contribution in [0.4, 0.5) is 0 Å². The van der Waals surface area contributed by atoms with Crippen LogP contribution in [-0.2, 0) is 9.47 Å². The first-order valence-electron chi connectivity index (χ1n) is 11.2. The van der Waals surface area contributed by atoms with Crippen LogP contribution in [0.1, 0.15) is 30.9 Å². The molecule has 2 fully saturated rings. The molecule has 2 saturated heterocycles. The van der Waals surface area contributed by atoms with Crippen LogP contribution in [0.25, 0.3) is 12.2 Å². The lowest BCUT2D eigenvalue weighted by molar-refractivity contribution is -0.227. The van der Waals surface area contributed by atoms with E-state index in [0.29, 0.717) is 12.8 Å². The van der Waals surface area contributed by atoms with E-state index in [-0.39, 0.29) is 0 Å². The number of rotatable bonds is 7. The van der Waals surface area contributed by atoms with Crippen LogP contribution in [0.15, 0.2) is 36.4 Å². The molecule has 2 aliphatic heterocycles. The summed E-state index contributed by atoms with van der Waals surface area (Å²) >= 11 is 0. The van der Waals surface area contributed by atoms with Crippen molar-refractivity contribution in [1.29, 1.82) is 0 Å². The van der Waals surface area contributed by atoms with Crippen molar-refractivity contribution in [1.82, 2.24) is 0 Å². The van der Waals surface area contributed by atoms with Crippen LogP contribution >= 0.6 is 0 Å². The Kier molecular flexibility index (Phi) is 9.17. The molecule has 10 atom stereocenters. The van der Waals surface area contributed by atoms with E-state index in [9.17, 15) is 35.7 Å². The van der Waals surface area contributed by atoms with E-state index < -0.39 is 67.6 Å². The molecule has 184 valence electrons. The maximum atomic E-state index is 10.1. The van der Waals surface area contributed by atoms with Crippen LogP contribution in [0.2, 0.25) is 0 Å². The maximum Gasteiger partial charge on any atom is 0.111 e. The van der Waals surface area contributed by atoms with Crippen LogP contribution in [-0.4, -0.2) is 103 Å². The lowest BCUT2D eigenvalue weighted by Gasteiger charge is -2.39. The Hall–Kier alpha value is -1.66. The van der Waals surface area contributed by atoms with Gasteiger partial charge in [-0.3, -0.25) is 0 Å². The third kappa shape index (κ3) is 6.27. The second-order valence-corrected chi connectivity index (χ2v) is 8.66. The predicted molar refractivity (Wildman–Crippen MR) is 120 cm³/mol. The molecular formula is C24H34O9. The highest BCUT2D eigenvalue weighted by molar-refractivity contribution is 5.55. The van der Waals surface area contributed by atoms with E-state index in [4.69, 9.17) is 9.47 Å². The van der Waals surface area contributed by atoms with Gasteiger partial charge in [0, 0.05) is 0 Å². The summed E-state index contributed by atoms with van der Waals surface area (Å²) in [4.78, 5) is 0. The average Bonchev–Trinajstić information content (AvgIpc) is 2.82. The molecule has 1 aromatic rings. The summed E-state index contributed by atoms with van der Waals surface area (Å²) in [5.74, 6) is 0. The highest BCUT2D eigenvalue weighted by Gasteiger charge is 2.43. The maximum absolute atomic E-state index is 10.1. The Bertz CT molecular complexity index is 794. The van der Waals surface area contributed by atoms with Crippen molar-refractivity contribution >= 4 is 12.2 Å². The smallest absolute Gasteiger partial charge is 0.111 e. The molecule has 2 heterocycles. The van der Waals surface area contributed by atoms with Crippen LogP contribution in [0, 0.1) is 0 Å². The third-order valence-electron chi connectivity index (χ3n) is 6.24. The predicted octanol–water partition coefficient (Wildman–Crippen LogP) is -0.794. The second kappa shape index (κ2) is 11.7. The lowest BCUT2D eigenvalue weighted by Crippen LogP contribution is -2.58. The quantitative estimate of drug-likeness (QED) is 0.273. The van der Waals surface area contributed by atoms with Gasteiger partial charge in [-0.15, -0.1) is 0 Å². The zero-order chi connectivity index (χ0) is 24.1. The minimum Gasteiger partial charge on any atom is -0.394 e. The molecule has 9 nitrogen and oxygen atoms in total. The van der Waals surface area contributed by atoms with Gasteiger partial charge in [0.05, 0.1) is 24.9 Å². The number of hydrogen-bond donors (Lipinski definition) is 7. The molecule has 9 heteroatoms. The molecule has 0 unspecified atom stereocenters. The van der Waals surface area contributed by atoms with Crippen molar-refractivity contribution in [2.45, 2.75) is 80.8 Å². The summed E-state index contributed by atoms with van der Waals surface area (Å²) in [5, 5.41) is 68.7. The van der Waals surface area contributed by atoms with E-state index in [0.717, 1.165) is 11.1 Å². The number of aliphatic hydroxyl groups is 7. The number of ether oxygens (including phenoxy) is 2. The van der Waals surface area contributed by atoms with E-state index in [1.807, 2.05) is 42.5 Å². The fourth-order valence-electron chi connectivity index (χ4n) is 4.10. The minimum absolute atomic E-state index is 0.297. The Balaban J connectivity index is 1.50.